The Morgan fingerprint density at radius 1 is 1.47 bits per heavy atom. The maximum absolute atomic E-state index is 11.9. The second kappa shape index (κ2) is 7.82. The molecule has 19 heavy (non-hydrogen) atoms. The zero-order valence-corrected chi connectivity index (χ0v) is 12.6. The van der Waals surface area contributed by atoms with Gasteiger partial charge in [-0.25, -0.2) is 0 Å². The molecule has 1 fully saturated rings. The molecule has 0 aromatic heterocycles. The Bertz CT molecular complexity index is 276. The third-order valence-electron chi connectivity index (χ3n) is 4.08. The topological polar surface area (TPSA) is 67.6 Å². The highest BCUT2D eigenvalue weighted by Crippen LogP contribution is 2.29. The Hall–Kier alpha value is -0.650. The highest BCUT2D eigenvalue weighted by Gasteiger charge is 2.29. The van der Waals surface area contributed by atoms with Gasteiger partial charge in [0.15, 0.2) is 0 Å². The van der Waals surface area contributed by atoms with Crippen molar-refractivity contribution in [3.63, 3.8) is 0 Å². The van der Waals surface area contributed by atoms with Crippen molar-refractivity contribution in [2.45, 2.75) is 38.6 Å². The minimum atomic E-state index is -0.412. The van der Waals surface area contributed by atoms with Crippen molar-refractivity contribution in [3.05, 3.63) is 0 Å². The summed E-state index contributed by atoms with van der Waals surface area (Å²) in [5.41, 5.74) is 6.08. The Morgan fingerprint density at radius 3 is 2.68 bits per heavy atom. The van der Waals surface area contributed by atoms with Crippen LogP contribution in [0.2, 0.25) is 0 Å². The van der Waals surface area contributed by atoms with E-state index in [2.05, 4.69) is 24.2 Å². The number of rotatable bonds is 7. The van der Waals surface area contributed by atoms with Gasteiger partial charge in [-0.2, -0.15) is 0 Å². The quantitative estimate of drug-likeness (QED) is 0.665. The molecule has 1 rings (SSSR count). The zero-order chi connectivity index (χ0) is 14.3. The van der Waals surface area contributed by atoms with Crippen LogP contribution in [0.15, 0.2) is 0 Å². The van der Waals surface area contributed by atoms with Crippen LogP contribution in [0.4, 0.5) is 0 Å². The van der Waals surface area contributed by atoms with E-state index in [1.807, 2.05) is 0 Å². The Labute approximate surface area is 116 Å². The molecule has 0 bridgehead atoms. The number of amides is 1. The molecule has 5 nitrogen and oxygen atoms in total. The van der Waals surface area contributed by atoms with Crippen LogP contribution in [0.1, 0.15) is 32.6 Å². The molecule has 1 atom stereocenters. The fourth-order valence-corrected chi connectivity index (χ4v) is 2.35. The molecule has 0 radical (unpaired) electrons. The Balaban J connectivity index is 2.25. The normalized spacial score (nSPS) is 21.1. The van der Waals surface area contributed by atoms with E-state index >= 15 is 0 Å². The summed E-state index contributed by atoms with van der Waals surface area (Å²) in [7, 11) is 3.80. The molecule has 1 aliphatic heterocycles. The largest absolute Gasteiger partial charge is 0.385 e. The van der Waals surface area contributed by atoms with Gasteiger partial charge in [0.25, 0.3) is 0 Å². The molecular weight excluding hydrogens is 242 g/mol. The van der Waals surface area contributed by atoms with Gasteiger partial charge in [0.05, 0.1) is 6.04 Å². The summed E-state index contributed by atoms with van der Waals surface area (Å²) >= 11 is 0. The molecule has 0 saturated carbocycles. The van der Waals surface area contributed by atoms with Crippen LogP contribution >= 0.6 is 0 Å². The van der Waals surface area contributed by atoms with E-state index in [-0.39, 0.29) is 11.3 Å². The van der Waals surface area contributed by atoms with Crippen LogP contribution < -0.4 is 11.1 Å². The van der Waals surface area contributed by atoms with Gasteiger partial charge in [-0.1, -0.05) is 6.92 Å². The first-order valence-corrected chi connectivity index (χ1v) is 7.18. The Kier molecular flexibility index (Phi) is 6.75. The third-order valence-corrected chi connectivity index (χ3v) is 4.08. The summed E-state index contributed by atoms with van der Waals surface area (Å²) in [6.45, 7) is 5.85. The van der Waals surface area contributed by atoms with E-state index in [9.17, 15) is 4.79 Å². The number of carbonyl (C=O) groups excluding carboxylic acids is 1. The highest BCUT2D eigenvalue weighted by molar-refractivity contribution is 5.81. The van der Waals surface area contributed by atoms with Gasteiger partial charge in [0.2, 0.25) is 5.91 Å². The molecule has 0 aromatic carbocycles. The Morgan fingerprint density at radius 2 is 2.11 bits per heavy atom. The standard InChI is InChI=1S/C14H29N3O2/c1-14(6-8-17(2)9-7-14)11-16-13(18)12(15)5-4-10-19-3/h12H,4-11,15H2,1-3H3,(H,16,18). The van der Waals surface area contributed by atoms with E-state index in [1.54, 1.807) is 7.11 Å². The van der Waals surface area contributed by atoms with Crippen molar-refractivity contribution in [2.24, 2.45) is 11.1 Å². The number of ether oxygens (including phenoxy) is 1. The van der Waals surface area contributed by atoms with E-state index in [0.29, 0.717) is 13.0 Å². The number of nitrogens with two attached hydrogens (primary N) is 1. The van der Waals surface area contributed by atoms with Gasteiger partial charge < -0.3 is 20.7 Å². The van der Waals surface area contributed by atoms with E-state index in [4.69, 9.17) is 10.5 Å². The molecule has 1 aliphatic rings. The number of hydrogen-bond donors (Lipinski definition) is 2. The molecule has 0 aromatic rings. The molecular formula is C14H29N3O2. The smallest absolute Gasteiger partial charge is 0.236 e. The number of carbonyl (C=O) groups is 1. The molecule has 3 N–H and O–H groups in total. The maximum atomic E-state index is 11.9. The number of piperidine rings is 1. The second-order valence-electron chi connectivity index (χ2n) is 6.07. The minimum Gasteiger partial charge on any atom is -0.385 e. The molecule has 1 saturated heterocycles. The zero-order valence-electron chi connectivity index (χ0n) is 12.6. The molecule has 0 aliphatic carbocycles. The molecule has 5 heteroatoms. The van der Waals surface area contributed by atoms with E-state index in [1.165, 1.54) is 0 Å². The fraction of sp³-hybridized carbons (Fsp3) is 0.929. The highest BCUT2D eigenvalue weighted by atomic mass is 16.5. The van der Waals surface area contributed by atoms with E-state index in [0.717, 1.165) is 38.9 Å². The lowest BCUT2D eigenvalue weighted by atomic mass is 9.80. The van der Waals surface area contributed by atoms with Gasteiger partial charge in [-0.3, -0.25) is 4.79 Å². The maximum Gasteiger partial charge on any atom is 0.236 e. The van der Waals surface area contributed by atoms with E-state index < -0.39 is 6.04 Å². The summed E-state index contributed by atoms with van der Waals surface area (Å²) in [6.07, 6.45) is 3.76. The van der Waals surface area contributed by atoms with Crippen molar-refractivity contribution >= 4 is 5.91 Å². The summed E-state index contributed by atoms with van der Waals surface area (Å²) in [5.74, 6) is -0.0312. The predicted octanol–water partition coefficient (Wildman–Crippen LogP) is 0.588. The molecule has 112 valence electrons. The van der Waals surface area contributed by atoms with Crippen molar-refractivity contribution < 1.29 is 9.53 Å². The van der Waals surface area contributed by atoms with Crippen LogP contribution in [0.25, 0.3) is 0 Å². The van der Waals surface area contributed by atoms with Gasteiger partial charge in [-0.05, 0) is 51.2 Å². The number of nitrogens with one attached hydrogen (secondary N) is 1. The first-order valence-electron chi connectivity index (χ1n) is 7.18. The molecule has 0 spiro atoms. The van der Waals surface area contributed by atoms with Crippen LogP contribution in [-0.4, -0.2) is 57.2 Å². The molecule has 1 heterocycles. The minimum absolute atomic E-state index is 0.0312. The van der Waals surface area contributed by atoms with Gasteiger partial charge in [0.1, 0.15) is 0 Å². The lowest BCUT2D eigenvalue weighted by Gasteiger charge is -2.38. The number of methoxy groups -OCH3 is 1. The average molecular weight is 271 g/mol. The van der Waals surface area contributed by atoms with Crippen molar-refractivity contribution in [3.8, 4) is 0 Å². The van der Waals surface area contributed by atoms with Gasteiger partial charge >= 0.3 is 0 Å². The number of likely N-dealkylation sites (tertiary alicyclic amines) is 1. The predicted molar refractivity (Wildman–Crippen MR) is 76.9 cm³/mol. The number of hydrogen-bond acceptors (Lipinski definition) is 4. The first kappa shape index (κ1) is 16.4. The lowest BCUT2D eigenvalue weighted by Crippen LogP contribution is -2.47. The van der Waals surface area contributed by atoms with Crippen LogP contribution in [-0.2, 0) is 9.53 Å². The van der Waals surface area contributed by atoms with Crippen LogP contribution in [0, 0.1) is 5.41 Å². The summed E-state index contributed by atoms with van der Waals surface area (Å²) in [6, 6.07) is -0.412. The number of nitrogens with zero attached hydrogens (tertiary/aromatic N) is 1. The third kappa shape index (κ3) is 5.89. The SMILES string of the molecule is COCCCC(N)C(=O)NCC1(C)CCN(C)CC1. The summed E-state index contributed by atoms with van der Waals surface area (Å²) in [4.78, 5) is 14.2. The second-order valence-corrected chi connectivity index (χ2v) is 6.07. The summed E-state index contributed by atoms with van der Waals surface area (Å²) in [5, 5.41) is 3.01. The van der Waals surface area contributed by atoms with Gasteiger partial charge in [0, 0.05) is 20.3 Å². The van der Waals surface area contributed by atoms with Crippen molar-refractivity contribution in [1.82, 2.24) is 10.2 Å². The summed E-state index contributed by atoms with van der Waals surface area (Å²) < 4.78 is 4.96. The average Bonchev–Trinajstić information content (AvgIpc) is 2.40. The monoisotopic (exact) mass is 271 g/mol. The molecule has 1 unspecified atom stereocenters. The van der Waals surface area contributed by atoms with Crippen molar-refractivity contribution in [2.75, 3.05) is 40.4 Å². The fourth-order valence-electron chi connectivity index (χ4n) is 2.35. The van der Waals surface area contributed by atoms with Crippen molar-refractivity contribution in [1.29, 1.82) is 0 Å². The first-order chi connectivity index (χ1) is 8.97. The van der Waals surface area contributed by atoms with Crippen LogP contribution in [0.3, 0.4) is 0 Å². The lowest BCUT2D eigenvalue weighted by molar-refractivity contribution is -0.123. The van der Waals surface area contributed by atoms with Crippen LogP contribution in [0.5, 0.6) is 0 Å². The van der Waals surface area contributed by atoms with Gasteiger partial charge in [-0.15, -0.1) is 0 Å². The molecule has 1 amide bonds.